The number of nitrogens with zero attached hydrogens (tertiary/aromatic N) is 1. The van der Waals surface area contributed by atoms with Gasteiger partial charge in [-0.1, -0.05) is 50.2 Å². The lowest BCUT2D eigenvalue weighted by Gasteiger charge is -2.36. The quantitative estimate of drug-likeness (QED) is 0.318. The highest BCUT2D eigenvalue weighted by molar-refractivity contribution is 6.06. The minimum absolute atomic E-state index is 0.00332. The molecule has 0 saturated heterocycles. The van der Waals surface area contributed by atoms with Gasteiger partial charge in [-0.3, -0.25) is 14.5 Å². The minimum Gasteiger partial charge on any atom is -0.493 e. The summed E-state index contributed by atoms with van der Waals surface area (Å²) in [5, 5.41) is 3.59. The zero-order valence-corrected chi connectivity index (χ0v) is 24.4. The van der Waals surface area contributed by atoms with Gasteiger partial charge in [-0.05, 0) is 61.6 Å². The van der Waals surface area contributed by atoms with Crippen molar-refractivity contribution in [2.24, 2.45) is 0 Å². The molecule has 0 spiro atoms. The topological polar surface area (TPSA) is 77.1 Å². The Kier molecular flexibility index (Phi) is 8.34. The summed E-state index contributed by atoms with van der Waals surface area (Å²) in [7, 11) is 3.22. The molecule has 41 heavy (non-hydrogen) atoms. The monoisotopic (exact) mass is 554 g/mol. The molecule has 0 bridgehead atoms. The van der Waals surface area contributed by atoms with E-state index in [9.17, 15) is 9.59 Å². The van der Waals surface area contributed by atoms with Gasteiger partial charge >= 0.3 is 0 Å². The molecule has 0 radical (unpaired) electrons. The van der Waals surface area contributed by atoms with E-state index in [1.165, 1.54) is 0 Å². The Balaban J connectivity index is 1.69. The van der Waals surface area contributed by atoms with E-state index in [1.54, 1.807) is 19.1 Å². The molecule has 0 unspecified atom stereocenters. The number of ether oxygens (including phenoxy) is 3. The average Bonchev–Trinajstić information content (AvgIpc) is 3.15. The maximum atomic E-state index is 14.3. The van der Waals surface area contributed by atoms with Crippen molar-refractivity contribution in [2.45, 2.75) is 64.5 Å². The van der Waals surface area contributed by atoms with E-state index in [1.807, 2.05) is 80.6 Å². The number of hydrogen-bond acceptors (Lipinski definition) is 6. The molecule has 1 heterocycles. The third kappa shape index (κ3) is 5.41. The first kappa shape index (κ1) is 28.3. The number of anilines is 2. The summed E-state index contributed by atoms with van der Waals surface area (Å²) < 4.78 is 17.4. The van der Waals surface area contributed by atoms with Crippen LogP contribution in [0.5, 0.6) is 17.2 Å². The normalized spacial score (nSPS) is 19.0. The predicted molar refractivity (Wildman–Crippen MR) is 161 cm³/mol. The van der Waals surface area contributed by atoms with Gasteiger partial charge in [-0.25, -0.2) is 0 Å². The van der Waals surface area contributed by atoms with Crippen molar-refractivity contribution in [3.05, 3.63) is 89.1 Å². The lowest BCUT2D eigenvalue weighted by atomic mass is 9.78. The van der Waals surface area contributed by atoms with Crippen molar-refractivity contribution in [1.29, 1.82) is 0 Å². The molecule has 214 valence electrons. The molecule has 1 N–H and O–H groups in total. The minimum atomic E-state index is -0.632. The van der Waals surface area contributed by atoms with Gasteiger partial charge < -0.3 is 19.5 Å². The molecule has 1 amide bonds. The Bertz CT molecular complexity index is 1480. The first-order valence-electron chi connectivity index (χ1n) is 14.3. The smallest absolute Gasteiger partial charge is 0.227 e. The van der Waals surface area contributed by atoms with Crippen molar-refractivity contribution >= 4 is 23.1 Å². The van der Waals surface area contributed by atoms with Gasteiger partial charge in [-0.15, -0.1) is 0 Å². The summed E-state index contributed by atoms with van der Waals surface area (Å²) in [5.74, 6) is 1.83. The lowest BCUT2D eigenvalue weighted by Crippen LogP contribution is -2.38. The fraction of sp³-hybridized carbons (Fsp3) is 0.353. The van der Waals surface area contributed by atoms with Crippen LogP contribution in [0.3, 0.4) is 0 Å². The van der Waals surface area contributed by atoms with Gasteiger partial charge in [0.2, 0.25) is 5.91 Å². The standard InChI is InChI=1S/C34H38N2O5/c1-6-21(3)41-29-15-11-8-12-24(29)34-33-26(35-25-13-9-10-14-27(25)36(34)32(38)7-2)18-23(19-28(33)37)22-16-17-30(39-4)31(20-22)40-5/h8-17,20-21,23,34-35H,6-7,18-19H2,1-5H3/t21-,23-,34-/m0/s1. The molecule has 7 nitrogen and oxygen atoms in total. The van der Waals surface area contributed by atoms with E-state index in [0.29, 0.717) is 42.1 Å². The van der Waals surface area contributed by atoms with Gasteiger partial charge in [0.15, 0.2) is 17.3 Å². The second-order valence-electron chi connectivity index (χ2n) is 10.6. The number of amides is 1. The Hall–Kier alpha value is -4.26. The molecular weight excluding hydrogens is 516 g/mol. The summed E-state index contributed by atoms with van der Waals surface area (Å²) in [6, 6.07) is 20.7. The number of Topliss-reactive ketones (excluding diaryl/α,β-unsaturated/α-hetero) is 1. The number of carbonyl (C=O) groups is 2. The Labute approximate surface area is 242 Å². The van der Waals surface area contributed by atoms with Crippen LogP contribution >= 0.6 is 0 Å². The van der Waals surface area contributed by atoms with Crippen LogP contribution in [0, 0.1) is 0 Å². The number of methoxy groups -OCH3 is 2. The van der Waals surface area contributed by atoms with Crippen LogP contribution in [0.25, 0.3) is 0 Å². The van der Waals surface area contributed by atoms with Crippen LogP contribution in [-0.2, 0) is 9.59 Å². The molecular formula is C34H38N2O5. The molecule has 5 rings (SSSR count). The third-order valence-corrected chi connectivity index (χ3v) is 8.06. The first-order chi connectivity index (χ1) is 19.9. The average molecular weight is 555 g/mol. The second kappa shape index (κ2) is 12.1. The van der Waals surface area contributed by atoms with Gasteiger partial charge in [-0.2, -0.15) is 0 Å². The number of carbonyl (C=O) groups excluding carboxylic acids is 2. The van der Waals surface area contributed by atoms with E-state index in [2.05, 4.69) is 12.2 Å². The SMILES string of the molecule is CCC(=O)N1c2ccccc2NC2=C(C(=O)C[C@@H](c3ccc(OC)c(OC)c3)C2)[C@@H]1c1ccccc1O[C@@H](C)CC. The summed E-state index contributed by atoms with van der Waals surface area (Å²) in [6.45, 7) is 5.96. The van der Waals surface area contributed by atoms with Crippen LogP contribution in [-0.4, -0.2) is 32.0 Å². The largest absolute Gasteiger partial charge is 0.493 e. The Morgan fingerprint density at radius 1 is 0.951 bits per heavy atom. The zero-order chi connectivity index (χ0) is 29.1. The molecule has 0 saturated carbocycles. The highest BCUT2D eigenvalue weighted by atomic mass is 16.5. The molecule has 3 aromatic carbocycles. The van der Waals surface area contributed by atoms with Crippen LogP contribution in [0.2, 0.25) is 0 Å². The number of allylic oxidation sites excluding steroid dienone is 1. The predicted octanol–water partition coefficient (Wildman–Crippen LogP) is 7.19. The first-order valence-corrected chi connectivity index (χ1v) is 14.3. The van der Waals surface area contributed by atoms with E-state index in [0.717, 1.165) is 34.6 Å². The number of hydrogen-bond donors (Lipinski definition) is 1. The molecule has 0 fully saturated rings. The highest BCUT2D eigenvalue weighted by Gasteiger charge is 2.42. The van der Waals surface area contributed by atoms with E-state index in [-0.39, 0.29) is 23.7 Å². The maximum absolute atomic E-state index is 14.3. The van der Waals surface area contributed by atoms with Gasteiger partial charge in [0.05, 0.1) is 37.7 Å². The fourth-order valence-electron chi connectivity index (χ4n) is 5.79. The van der Waals surface area contributed by atoms with Crippen LogP contribution in [0.4, 0.5) is 11.4 Å². The van der Waals surface area contributed by atoms with E-state index >= 15 is 0 Å². The number of nitrogens with one attached hydrogen (secondary N) is 1. The molecule has 1 aliphatic heterocycles. The molecule has 3 aromatic rings. The number of para-hydroxylation sites is 3. The van der Waals surface area contributed by atoms with Crippen LogP contribution in [0.1, 0.15) is 69.5 Å². The van der Waals surface area contributed by atoms with Crippen molar-refractivity contribution in [3.63, 3.8) is 0 Å². The fourth-order valence-corrected chi connectivity index (χ4v) is 5.79. The second-order valence-corrected chi connectivity index (χ2v) is 10.6. The third-order valence-electron chi connectivity index (χ3n) is 8.06. The van der Waals surface area contributed by atoms with Crippen LogP contribution < -0.4 is 24.4 Å². The van der Waals surface area contributed by atoms with E-state index in [4.69, 9.17) is 14.2 Å². The molecule has 0 aromatic heterocycles. The highest BCUT2D eigenvalue weighted by Crippen LogP contribution is 2.49. The van der Waals surface area contributed by atoms with Crippen molar-refractivity contribution in [2.75, 3.05) is 24.4 Å². The lowest BCUT2D eigenvalue weighted by molar-refractivity contribution is -0.119. The Morgan fingerprint density at radius 2 is 1.68 bits per heavy atom. The summed E-state index contributed by atoms with van der Waals surface area (Å²) in [5.41, 5.74) is 4.78. The molecule has 2 aliphatic rings. The van der Waals surface area contributed by atoms with Crippen molar-refractivity contribution < 1.29 is 23.8 Å². The molecule has 1 aliphatic carbocycles. The van der Waals surface area contributed by atoms with Crippen molar-refractivity contribution in [3.8, 4) is 17.2 Å². The van der Waals surface area contributed by atoms with E-state index < -0.39 is 6.04 Å². The summed E-state index contributed by atoms with van der Waals surface area (Å²) in [6.07, 6.45) is 2.02. The van der Waals surface area contributed by atoms with Crippen molar-refractivity contribution in [1.82, 2.24) is 0 Å². The number of rotatable bonds is 8. The zero-order valence-electron chi connectivity index (χ0n) is 24.4. The van der Waals surface area contributed by atoms with Gasteiger partial charge in [0, 0.05) is 29.7 Å². The summed E-state index contributed by atoms with van der Waals surface area (Å²) >= 11 is 0. The number of benzene rings is 3. The molecule has 3 atom stereocenters. The number of fused-ring (bicyclic) bond motifs is 1. The Morgan fingerprint density at radius 3 is 2.41 bits per heavy atom. The maximum Gasteiger partial charge on any atom is 0.227 e. The number of ketones is 1. The van der Waals surface area contributed by atoms with Gasteiger partial charge in [0.25, 0.3) is 0 Å². The van der Waals surface area contributed by atoms with Gasteiger partial charge in [0.1, 0.15) is 5.75 Å². The summed E-state index contributed by atoms with van der Waals surface area (Å²) in [4.78, 5) is 29.8. The van der Waals surface area contributed by atoms with Crippen LogP contribution in [0.15, 0.2) is 78.0 Å². The molecule has 7 heteroatoms.